The van der Waals surface area contributed by atoms with Gasteiger partial charge in [0.25, 0.3) is 0 Å². The summed E-state index contributed by atoms with van der Waals surface area (Å²) in [6.07, 6.45) is 3.71. The zero-order chi connectivity index (χ0) is 19.2. The highest BCUT2D eigenvalue weighted by atomic mass is 32.1. The van der Waals surface area contributed by atoms with E-state index in [2.05, 4.69) is 36.1 Å². The predicted molar refractivity (Wildman–Crippen MR) is 112 cm³/mol. The highest BCUT2D eigenvalue weighted by molar-refractivity contribution is 7.13. The molecule has 4 heterocycles. The molecule has 4 rings (SSSR count). The molecular formula is C20H24N6OS. The van der Waals surface area contributed by atoms with Crippen LogP contribution in [-0.4, -0.2) is 69.2 Å². The Morgan fingerprint density at radius 2 is 1.86 bits per heavy atom. The van der Waals surface area contributed by atoms with Gasteiger partial charge >= 0.3 is 0 Å². The molecule has 0 spiro atoms. The molecule has 1 fully saturated rings. The van der Waals surface area contributed by atoms with Gasteiger partial charge in [0.15, 0.2) is 0 Å². The number of anilines is 2. The number of pyridine rings is 2. The number of rotatable bonds is 7. The molecule has 1 aliphatic rings. The van der Waals surface area contributed by atoms with Crippen LogP contribution < -0.4 is 5.32 Å². The molecule has 0 bridgehead atoms. The fourth-order valence-corrected chi connectivity index (χ4v) is 3.87. The summed E-state index contributed by atoms with van der Waals surface area (Å²) in [7, 11) is 0. The zero-order valence-corrected chi connectivity index (χ0v) is 16.5. The third-order valence-electron chi connectivity index (χ3n) is 4.77. The predicted octanol–water partition coefficient (Wildman–Crippen LogP) is 2.45. The van der Waals surface area contributed by atoms with E-state index in [9.17, 15) is 0 Å². The first kappa shape index (κ1) is 18.9. The first-order valence-corrected chi connectivity index (χ1v) is 10.3. The Kier molecular flexibility index (Phi) is 6.23. The van der Waals surface area contributed by atoms with Gasteiger partial charge in [0, 0.05) is 57.0 Å². The van der Waals surface area contributed by atoms with Crippen LogP contribution in [0.4, 0.5) is 11.6 Å². The van der Waals surface area contributed by atoms with E-state index in [0.29, 0.717) is 0 Å². The van der Waals surface area contributed by atoms with Gasteiger partial charge in [0.05, 0.1) is 6.61 Å². The summed E-state index contributed by atoms with van der Waals surface area (Å²) in [4.78, 5) is 18.2. The van der Waals surface area contributed by atoms with Crippen molar-refractivity contribution in [2.75, 3.05) is 44.6 Å². The second-order valence-electron chi connectivity index (χ2n) is 6.76. The summed E-state index contributed by atoms with van der Waals surface area (Å²) in [5.41, 5.74) is 2.06. The summed E-state index contributed by atoms with van der Waals surface area (Å²) in [6.45, 7) is 5.97. The molecule has 0 saturated carbocycles. The van der Waals surface area contributed by atoms with Crippen LogP contribution in [0.2, 0.25) is 0 Å². The lowest BCUT2D eigenvalue weighted by atomic mass is 10.2. The standard InChI is InChI=1S/C20H24N6OS/c27-12-11-25-7-9-26(10-8-25)15-16-4-5-18(22-14-16)24-19-3-1-2-17(23-19)20-21-6-13-28-20/h1-6,13-14,27H,7-12,15H2,(H,22,23,24). The highest BCUT2D eigenvalue weighted by Crippen LogP contribution is 2.22. The SMILES string of the molecule is OCCN1CCN(Cc2ccc(Nc3cccc(-c4nccs4)n3)nc2)CC1. The Morgan fingerprint density at radius 1 is 1.00 bits per heavy atom. The maximum absolute atomic E-state index is 9.04. The normalized spacial score (nSPS) is 15.6. The van der Waals surface area contributed by atoms with E-state index >= 15 is 0 Å². The van der Waals surface area contributed by atoms with Crippen LogP contribution in [0.25, 0.3) is 10.7 Å². The van der Waals surface area contributed by atoms with E-state index in [1.54, 1.807) is 17.5 Å². The molecule has 7 nitrogen and oxygen atoms in total. The molecule has 0 amide bonds. The molecular weight excluding hydrogens is 372 g/mol. The van der Waals surface area contributed by atoms with Gasteiger partial charge in [0.2, 0.25) is 0 Å². The average Bonchev–Trinajstić information content (AvgIpc) is 3.26. The van der Waals surface area contributed by atoms with Gasteiger partial charge in [-0.05, 0) is 23.8 Å². The molecule has 3 aromatic heterocycles. The molecule has 28 heavy (non-hydrogen) atoms. The van der Waals surface area contributed by atoms with Gasteiger partial charge in [-0.1, -0.05) is 12.1 Å². The lowest BCUT2D eigenvalue weighted by molar-refractivity contribution is 0.108. The van der Waals surface area contributed by atoms with Crippen LogP contribution in [0.1, 0.15) is 5.56 Å². The highest BCUT2D eigenvalue weighted by Gasteiger charge is 2.16. The molecule has 2 N–H and O–H groups in total. The summed E-state index contributed by atoms with van der Waals surface area (Å²) in [5.74, 6) is 1.54. The van der Waals surface area contributed by atoms with Gasteiger partial charge < -0.3 is 10.4 Å². The molecule has 1 saturated heterocycles. The summed E-state index contributed by atoms with van der Waals surface area (Å²) >= 11 is 1.58. The summed E-state index contributed by atoms with van der Waals surface area (Å²) < 4.78 is 0. The van der Waals surface area contributed by atoms with Crippen molar-refractivity contribution in [3.63, 3.8) is 0 Å². The quantitative estimate of drug-likeness (QED) is 0.635. The van der Waals surface area contributed by atoms with E-state index < -0.39 is 0 Å². The number of β-amino-alcohol motifs (C(OH)–C–C–N with tert-alkyl or cyclic N) is 1. The van der Waals surface area contributed by atoms with Gasteiger partial charge in [-0.3, -0.25) is 9.80 Å². The number of nitrogens with one attached hydrogen (secondary N) is 1. The minimum atomic E-state index is 0.236. The number of aliphatic hydroxyl groups excluding tert-OH is 1. The number of piperazine rings is 1. The number of thiazole rings is 1. The topological polar surface area (TPSA) is 77.4 Å². The average molecular weight is 397 g/mol. The lowest BCUT2D eigenvalue weighted by Gasteiger charge is -2.34. The molecule has 3 aromatic rings. The molecule has 0 radical (unpaired) electrons. The van der Waals surface area contributed by atoms with Crippen LogP contribution >= 0.6 is 11.3 Å². The van der Waals surface area contributed by atoms with Crippen molar-refractivity contribution in [2.45, 2.75) is 6.54 Å². The van der Waals surface area contributed by atoms with E-state index in [-0.39, 0.29) is 6.61 Å². The number of aromatic nitrogens is 3. The fraction of sp³-hybridized carbons (Fsp3) is 0.350. The first-order chi connectivity index (χ1) is 13.8. The molecule has 1 aliphatic heterocycles. The Bertz CT molecular complexity index is 863. The lowest BCUT2D eigenvalue weighted by Crippen LogP contribution is -2.46. The number of aliphatic hydroxyl groups is 1. The second kappa shape index (κ2) is 9.20. The third-order valence-corrected chi connectivity index (χ3v) is 5.56. The molecule has 0 aliphatic carbocycles. The van der Waals surface area contributed by atoms with Crippen molar-refractivity contribution in [1.29, 1.82) is 0 Å². The minimum absolute atomic E-state index is 0.236. The molecule has 0 aromatic carbocycles. The molecule has 0 unspecified atom stereocenters. The van der Waals surface area contributed by atoms with Crippen molar-refractivity contribution in [3.05, 3.63) is 53.7 Å². The minimum Gasteiger partial charge on any atom is -0.395 e. The van der Waals surface area contributed by atoms with Gasteiger partial charge in [-0.15, -0.1) is 11.3 Å². The van der Waals surface area contributed by atoms with Crippen molar-refractivity contribution in [3.8, 4) is 10.7 Å². The van der Waals surface area contributed by atoms with Crippen LogP contribution in [0.15, 0.2) is 48.1 Å². The molecule has 0 atom stereocenters. The second-order valence-corrected chi connectivity index (χ2v) is 7.66. The van der Waals surface area contributed by atoms with Gasteiger partial charge in [-0.25, -0.2) is 15.0 Å². The van der Waals surface area contributed by atoms with Crippen molar-refractivity contribution < 1.29 is 5.11 Å². The Labute approximate surface area is 168 Å². The monoisotopic (exact) mass is 396 g/mol. The van der Waals surface area contributed by atoms with E-state index in [0.717, 1.165) is 61.6 Å². The zero-order valence-electron chi connectivity index (χ0n) is 15.7. The van der Waals surface area contributed by atoms with E-state index in [1.165, 1.54) is 5.56 Å². The summed E-state index contributed by atoms with van der Waals surface area (Å²) in [5, 5.41) is 15.2. The van der Waals surface area contributed by atoms with Crippen LogP contribution in [0.5, 0.6) is 0 Å². The Morgan fingerprint density at radius 3 is 2.57 bits per heavy atom. The largest absolute Gasteiger partial charge is 0.395 e. The smallest absolute Gasteiger partial charge is 0.141 e. The van der Waals surface area contributed by atoms with Gasteiger partial charge in [0.1, 0.15) is 22.3 Å². The van der Waals surface area contributed by atoms with Crippen molar-refractivity contribution in [1.82, 2.24) is 24.8 Å². The van der Waals surface area contributed by atoms with E-state index in [4.69, 9.17) is 5.11 Å². The molecule has 8 heteroatoms. The molecule has 146 valence electrons. The number of hydrogen-bond donors (Lipinski definition) is 2. The van der Waals surface area contributed by atoms with Gasteiger partial charge in [-0.2, -0.15) is 0 Å². The van der Waals surface area contributed by atoms with E-state index in [1.807, 2.05) is 35.8 Å². The summed E-state index contributed by atoms with van der Waals surface area (Å²) in [6, 6.07) is 9.96. The van der Waals surface area contributed by atoms with Crippen LogP contribution in [0, 0.1) is 0 Å². The fourth-order valence-electron chi connectivity index (χ4n) is 3.27. The Balaban J connectivity index is 1.33. The van der Waals surface area contributed by atoms with Crippen molar-refractivity contribution >= 4 is 23.0 Å². The van der Waals surface area contributed by atoms with Crippen LogP contribution in [-0.2, 0) is 6.54 Å². The van der Waals surface area contributed by atoms with Crippen molar-refractivity contribution in [2.24, 2.45) is 0 Å². The maximum Gasteiger partial charge on any atom is 0.141 e. The Hall–Kier alpha value is -2.39. The van der Waals surface area contributed by atoms with Crippen LogP contribution in [0.3, 0.4) is 0 Å². The number of hydrogen-bond acceptors (Lipinski definition) is 8. The first-order valence-electron chi connectivity index (χ1n) is 9.44. The third kappa shape index (κ3) is 4.90. The maximum atomic E-state index is 9.04. The number of nitrogens with zero attached hydrogens (tertiary/aromatic N) is 5.